The molecule has 2 aromatic carbocycles. The van der Waals surface area contributed by atoms with Crippen LogP contribution in [-0.4, -0.2) is 23.3 Å². The number of ether oxygens (including phenoxy) is 1. The number of rotatable bonds is 9. The van der Waals surface area contributed by atoms with Crippen molar-refractivity contribution in [1.82, 2.24) is 15.5 Å². The molecule has 0 radical (unpaired) electrons. The molecular formula is C23H30ClN3O2. The van der Waals surface area contributed by atoms with Gasteiger partial charge in [-0.25, -0.2) is 0 Å². The van der Waals surface area contributed by atoms with Crippen LogP contribution in [0.4, 0.5) is 0 Å². The van der Waals surface area contributed by atoms with Gasteiger partial charge in [-0.1, -0.05) is 56.0 Å². The van der Waals surface area contributed by atoms with Crippen molar-refractivity contribution in [2.24, 2.45) is 0 Å². The molecule has 1 aliphatic heterocycles. The van der Waals surface area contributed by atoms with Crippen LogP contribution < -0.4 is 10.1 Å². The monoisotopic (exact) mass is 415 g/mol. The van der Waals surface area contributed by atoms with Gasteiger partial charge in [0.15, 0.2) is 0 Å². The first kappa shape index (κ1) is 21.6. The van der Waals surface area contributed by atoms with Crippen molar-refractivity contribution in [2.45, 2.75) is 57.9 Å². The van der Waals surface area contributed by atoms with Gasteiger partial charge in [-0.05, 0) is 54.8 Å². The molecule has 0 saturated carbocycles. The molecule has 0 amide bonds. The van der Waals surface area contributed by atoms with Gasteiger partial charge in [-0.2, -0.15) is 4.98 Å². The Balaban J connectivity index is 0.00000240. The molecule has 1 aliphatic rings. The predicted molar refractivity (Wildman–Crippen MR) is 119 cm³/mol. The average molecular weight is 416 g/mol. The van der Waals surface area contributed by atoms with E-state index >= 15 is 0 Å². The molecule has 0 bridgehead atoms. The van der Waals surface area contributed by atoms with Crippen LogP contribution in [0.15, 0.2) is 40.9 Å². The van der Waals surface area contributed by atoms with Gasteiger partial charge in [0.2, 0.25) is 11.7 Å². The number of benzene rings is 2. The molecule has 1 fully saturated rings. The average Bonchev–Trinajstić information content (AvgIpc) is 3.42. The molecule has 3 aromatic rings. The maximum absolute atomic E-state index is 5.92. The van der Waals surface area contributed by atoms with E-state index in [2.05, 4.69) is 46.6 Å². The number of halogens is 1. The van der Waals surface area contributed by atoms with Gasteiger partial charge >= 0.3 is 0 Å². The Morgan fingerprint density at radius 3 is 2.72 bits per heavy atom. The van der Waals surface area contributed by atoms with Gasteiger partial charge in [0.1, 0.15) is 5.75 Å². The summed E-state index contributed by atoms with van der Waals surface area (Å²) in [5.74, 6) is 2.28. The first-order chi connectivity index (χ1) is 13.8. The molecule has 2 heterocycles. The van der Waals surface area contributed by atoms with Crippen molar-refractivity contribution in [3.63, 3.8) is 0 Å². The second-order valence-electron chi connectivity index (χ2n) is 7.59. The lowest BCUT2D eigenvalue weighted by Crippen LogP contribution is -2.12. The minimum atomic E-state index is 0. The van der Waals surface area contributed by atoms with E-state index < -0.39 is 0 Å². The zero-order valence-corrected chi connectivity index (χ0v) is 17.8. The second-order valence-corrected chi connectivity index (χ2v) is 7.59. The van der Waals surface area contributed by atoms with Crippen LogP contribution in [0.2, 0.25) is 0 Å². The molecule has 5 nitrogen and oxygen atoms in total. The van der Waals surface area contributed by atoms with E-state index in [0.717, 1.165) is 54.5 Å². The summed E-state index contributed by atoms with van der Waals surface area (Å²) in [6.07, 6.45) is 8.46. The van der Waals surface area contributed by atoms with Crippen LogP contribution >= 0.6 is 12.4 Å². The minimum absolute atomic E-state index is 0. The number of aromatic nitrogens is 2. The smallest absolute Gasteiger partial charge is 0.244 e. The third-order valence-electron chi connectivity index (χ3n) is 5.39. The number of hydrogen-bond donors (Lipinski definition) is 1. The van der Waals surface area contributed by atoms with Crippen molar-refractivity contribution in [3.8, 4) is 17.1 Å². The fraction of sp³-hybridized carbons (Fsp3) is 0.478. The summed E-state index contributed by atoms with van der Waals surface area (Å²) in [6.45, 7) is 4.04. The van der Waals surface area contributed by atoms with E-state index in [-0.39, 0.29) is 18.4 Å². The van der Waals surface area contributed by atoms with Crippen molar-refractivity contribution in [3.05, 3.63) is 42.3 Å². The number of unbranched alkanes of at least 4 members (excludes halogenated alkanes) is 4. The summed E-state index contributed by atoms with van der Waals surface area (Å²) in [4.78, 5) is 4.59. The molecule has 29 heavy (non-hydrogen) atoms. The Bertz CT molecular complexity index is 906. The molecule has 6 heteroatoms. The topological polar surface area (TPSA) is 60.2 Å². The van der Waals surface area contributed by atoms with Crippen molar-refractivity contribution >= 4 is 23.2 Å². The highest BCUT2D eigenvalue weighted by Crippen LogP contribution is 2.28. The van der Waals surface area contributed by atoms with Crippen molar-refractivity contribution in [2.75, 3.05) is 13.2 Å². The highest BCUT2D eigenvalue weighted by Gasteiger charge is 2.22. The van der Waals surface area contributed by atoms with E-state index in [4.69, 9.17) is 9.26 Å². The normalized spacial score (nSPS) is 16.1. The highest BCUT2D eigenvalue weighted by molar-refractivity contribution is 5.87. The van der Waals surface area contributed by atoms with E-state index in [9.17, 15) is 0 Å². The summed E-state index contributed by atoms with van der Waals surface area (Å²) in [7, 11) is 0. The number of hydrogen-bond acceptors (Lipinski definition) is 5. The fourth-order valence-corrected chi connectivity index (χ4v) is 3.74. The van der Waals surface area contributed by atoms with E-state index in [1.807, 2.05) is 12.1 Å². The van der Waals surface area contributed by atoms with Crippen molar-refractivity contribution in [1.29, 1.82) is 0 Å². The van der Waals surface area contributed by atoms with E-state index in [1.165, 1.54) is 25.7 Å². The van der Waals surface area contributed by atoms with E-state index in [1.54, 1.807) is 0 Å². The fourth-order valence-electron chi connectivity index (χ4n) is 3.74. The summed E-state index contributed by atoms with van der Waals surface area (Å²) in [5, 5.41) is 9.88. The number of nitrogens with one attached hydrogen (secondary N) is 1. The van der Waals surface area contributed by atoms with Crippen LogP contribution in [0.25, 0.3) is 22.2 Å². The third-order valence-corrected chi connectivity index (χ3v) is 5.39. The minimum Gasteiger partial charge on any atom is -0.494 e. The molecular weight excluding hydrogens is 386 g/mol. The van der Waals surface area contributed by atoms with Crippen LogP contribution in [0.1, 0.15) is 63.8 Å². The van der Waals surface area contributed by atoms with Crippen LogP contribution in [0.3, 0.4) is 0 Å². The molecule has 0 aliphatic carbocycles. The summed E-state index contributed by atoms with van der Waals surface area (Å²) < 4.78 is 11.4. The maximum Gasteiger partial charge on any atom is 0.244 e. The van der Waals surface area contributed by atoms with Gasteiger partial charge in [0, 0.05) is 5.56 Å². The first-order valence-corrected chi connectivity index (χ1v) is 10.6. The third kappa shape index (κ3) is 5.49. The second kappa shape index (κ2) is 10.6. The Morgan fingerprint density at radius 1 is 1.07 bits per heavy atom. The lowest BCUT2D eigenvalue weighted by Gasteiger charge is -2.08. The van der Waals surface area contributed by atoms with Crippen LogP contribution in [0.5, 0.6) is 5.75 Å². The number of nitrogens with zero attached hydrogens (tertiary/aromatic N) is 2. The first-order valence-electron chi connectivity index (χ1n) is 10.6. The van der Waals surface area contributed by atoms with E-state index in [0.29, 0.717) is 11.7 Å². The molecule has 1 saturated heterocycles. The maximum atomic E-state index is 5.92. The van der Waals surface area contributed by atoms with Gasteiger partial charge in [0.05, 0.1) is 12.6 Å². The van der Waals surface area contributed by atoms with Crippen LogP contribution in [-0.2, 0) is 0 Å². The molecule has 0 spiro atoms. The predicted octanol–water partition coefficient (Wildman–Crippen LogP) is 6.09. The molecule has 4 rings (SSSR count). The molecule has 156 valence electrons. The SMILES string of the molecule is CCCCCCCOc1ccc2cc(-c3noc(C4CCCN4)n3)ccc2c1.Cl. The zero-order chi connectivity index (χ0) is 19.2. The largest absolute Gasteiger partial charge is 0.494 e. The zero-order valence-electron chi connectivity index (χ0n) is 17.0. The van der Waals surface area contributed by atoms with Crippen LogP contribution in [0, 0.1) is 0 Å². The number of fused-ring (bicyclic) bond motifs is 1. The lowest BCUT2D eigenvalue weighted by molar-refractivity contribution is 0.305. The molecule has 1 N–H and O–H groups in total. The highest BCUT2D eigenvalue weighted by atomic mass is 35.5. The van der Waals surface area contributed by atoms with Gasteiger partial charge < -0.3 is 14.6 Å². The Kier molecular flexibility index (Phi) is 7.90. The summed E-state index contributed by atoms with van der Waals surface area (Å²) in [6, 6.07) is 12.7. The van der Waals surface area contributed by atoms with Gasteiger partial charge in [-0.3, -0.25) is 0 Å². The Hall–Kier alpha value is -2.11. The summed E-state index contributed by atoms with van der Waals surface area (Å²) >= 11 is 0. The summed E-state index contributed by atoms with van der Waals surface area (Å²) in [5.41, 5.74) is 0.977. The Morgan fingerprint density at radius 2 is 1.90 bits per heavy atom. The molecule has 1 unspecified atom stereocenters. The van der Waals surface area contributed by atoms with Gasteiger partial charge in [0.25, 0.3) is 0 Å². The quantitative estimate of drug-likeness (QED) is 0.429. The molecule has 1 aromatic heterocycles. The standard InChI is InChI=1S/C23H29N3O2.ClH/c1-2-3-4-5-6-14-27-20-12-11-17-15-19(10-9-18(17)16-20)22-25-23(28-26-22)21-8-7-13-24-21;/h9-12,15-16,21,24H,2-8,13-14H2,1H3;1H. The molecule has 1 atom stereocenters. The lowest BCUT2D eigenvalue weighted by atomic mass is 10.1. The van der Waals surface area contributed by atoms with Gasteiger partial charge in [-0.15, -0.1) is 12.4 Å². The van der Waals surface area contributed by atoms with Crippen molar-refractivity contribution < 1.29 is 9.26 Å². The Labute approximate surface area is 178 Å².